The van der Waals surface area contributed by atoms with E-state index in [1.165, 1.54) is 11.1 Å². The van der Waals surface area contributed by atoms with Gasteiger partial charge in [0.1, 0.15) is 17.9 Å². The van der Waals surface area contributed by atoms with Crippen LogP contribution in [0, 0.1) is 5.92 Å². The van der Waals surface area contributed by atoms with Crippen LogP contribution in [-0.2, 0) is 22.4 Å². The molecule has 0 bridgehead atoms. The number of ketones is 1. The van der Waals surface area contributed by atoms with Gasteiger partial charge in [0, 0.05) is 25.0 Å². The van der Waals surface area contributed by atoms with Gasteiger partial charge in [-0.05, 0) is 43.0 Å². The van der Waals surface area contributed by atoms with Crippen molar-refractivity contribution in [2.75, 3.05) is 6.61 Å². The molecule has 0 spiro atoms. The Morgan fingerprint density at radius 1 is 1.06 bits per heavy atom. The van der Waals surface area contributed by atoms with Crippen LogP contribution in [0.2, 0.25) is 0 Å². The standard InChI is InChI=1S/C29H33NO2/c1-4-20-32-26-16-11-19-30-28(26,3)18-17-23(2)27(31)29(30,21-24-12-7-5-8-13-24)22-25-14-9-6-10-15-25/h4-16,19,23H,1,17-18,20-22H2,2-3H3/t23?,28-/m1/s1. The molecule has 2 aliphatic heterocycles. The second-order valence-electron chi connectivity index (χ2n) is 9.28. The highest BCUT2D eigenvalue weighted by Crippen LogP contribution is 2.46. The number of benzene rings is 2. The second kappa shape index (κ2) is 9.20. The third-order valence-electron chi connectivity index (χ3n) is 7.01. The van der Waals surface area contributed by atoms with E-state index in [1.807, 2.05) is 18.2 Å². The van der Waals surface area contributed by atoms with Gasteiger partial charge in [0.15, 0.2) is 5.78 Å². The summed E-state index contributed by atoms with van der Waals surface area (Å²) in [5, 5.41) is 0. The fourth-order valence-corrected chi connectivity index (χ4v) is 5.37. The number of carbonyl (C=O) groups excluding carboxylic acids is 1. The third-order valence-corrected chi connectivity index (χ3v) is 7.01. The fraction of sp³-hybridized carbons (Fsp3) is 0.345. The number of hydrogen-bond donors (Lipinski definition) is 0. The van der Waals surface area contributed by atoms with E-state index < -0.39 is 11.1 Å². The number of hydrogen-bond acceptors (Lipinski definition) is 3. The van der Waals surface area contributed by atoms with Crippen molar-refractivity contribution in [2.45, 2.75) is 50.6 Å². The number of nitrogens with zero attached hydrogens (tertiary/aromatic N) is 1. The molecule has 0 radical (unpaired) electrons. The van der Waals surface area contributed by atoms with Crippen LogP contribution in [0.1, 0.15) is 37.8 Å². The molecule has 2 aromatic rings. The maximum absolute atomic E-state index is 14.2. The highest BCUT2D eigenvalue weighted by Gasteiger charge is 2.55. The molecule has 2 atom stereocenters. The quantitative estimate of drug-likeness (QED) is 0.517. The fourth-order valence-electron chi connectivity index (χ4n) is 5.37. The first-order valence-corrected chi connectivity index (χ1v) is 11.5. The molecule has 0 saturated carbocycles. The Bertz CT molecular complexity index is 966. The van der Waals surface area contributed by atoms with Gasteiger partial charge in [0.2, 0.25) is 0 Å². The topological polar surface area (TPSA) is 29.5 Å². The Hall–Kier alpha value is -3.07. The molecule has 0 aliphatic carbocycles. The zero-order valence-electron chi connectivity index (χ0n) is 19.2. The molecular formula is C29H33NO2. The van der Waals surface area contributed by atoms with Gasteiger partial charge in [-0.3, -0.25) is 4.79 Å². The molecule has 166 valence electrons. The summed E-state index contributed by atoms with van der Waals surface area (Å²) in [4.78, 5) is 16.6. The van der Waals surface area contributed by atoms with Crippen LogP contribution in [0.15, 0.2) is 97.4 Å². The molecule has 32 heavy (non-hydrogen) atoms. The number of allylic oxidation sites excluding steroid dienone is 2. The predicted octanol–water partition coefficient (Wildman–Crippen LogP) is 5.88. The molecule has 0 amide bonds. The first kappa shape index (κ1) is 22.1. The Labute approximate surface area is 192 Å². The van der Waals surface area contributed by atoms with Gasteiger partial charge in [0.25, 0.3) is 0 Å². The molecule has 2 heterocycles. The maximum atomic E-state index is 14.2. The van der Waals surface area contributed by atoms with Gasteiger partial charge in [-0.1, -0.05) is 80.2 Å². The molecule has 1 unspecified atom stereocenters. The maximum Gasteiger partial charge on any atom is 0.161 e. The highest BCUT2D eigenvalue weighted by atomic mass is 16.5. The number of fused-ring (bicyclic) bond motifs is 1. The lowest BCUT2D eigenvalue weighted by Crippen LogP contribution is -2.63. The summed E-state index contributed by atoms with van der Waals surface area (Å²) in [6.07, 6.45) is 11.0. The average molecular weight is 428 g/mol. The van der Waals surface area contributed by atoms with Gasteiger partial charge in [0.05, 0.1) is 5.54 Å². The van der Waals surface area contributed by atoms with E-state index in [4.69, 9.17) is 4.74 Å². The molecule has 3 nitrogen and oxygen atoms in total. The van der Waals surface area contributed by atoms with Crippen LogP contribution < -0.4 is 0 Å². The largest absolute Gasteiger partial charge is 0.491 e. The van der Waals surface area contributed by atoms with Crippen molar-refractivity contribution < 1.29 is 9.53 Å². The van der Waals surface area contributed by atoms with Crippen LogP contribution in [0.4, 0.5) is 0 Å². The number of rotatable bonds is 7. The van der Waals surface area contributed by atoms with Crippen molar-refractivity contribution in [2.24, 2.45) is 5.92 Å². The molecule has 4 rings (SSSR count). The van der Waals surface area contributed by atoms with E-state index in [0.29, 0.717) is 25.2 Å². The Morgan fingerprint density at radius 3 is 2.22 bits per heavy atom. The summed E-state index contributed by atoms with van der Waals surface area (Å²) in [6.45, 7) is 8.59. The first-order valence-electron chi connectivity index (χ1n) is 11.5. The van der Waals surface area contributed by atoms with Crippen molar-refractivity contribution in [1.82, 2.24) is 4.90 Å². The van der Waals surface area contributed by atoms with Crippen LogP contribution in [0.5, 0.6) is 0 Å². The van der Waals surface area contributed by atoms with Gasteiger partial charge >= 0.3 is 0 Å². The van der Waals surface area contributed by atoms with Crippen LogP contribution >= 0.6 is 0 Å². The summed E-state index contributed by atoms with van der Waals surface area (Å²) in [5.74, 6) is 1.19. The van der Waals surface area contributed by atoms with E-state index in [9.17, 15) is 4.79 Å². The van der Waals surface area contributed by atoms with Crippen LogP contribution in [-0.4, -0.2) is 28.4 Å². The normalized spacial score (nSPS) is 24.3. The van der Waals surface area contributed by atoms with E-state index in [0.717, 1.165) is 18.6 Å². The molecule has 1 fully saturated rings. The molecule has 2 aliphatic rings. The van der Waals surface area contributed by atoms with Gasteiger partial charge in [-0.15, -0.1) is 0 Å². The van der Waals surface area contributed by atoms with Crippen LogP contribution in [0.3, 0.4) is 0 Å². The summed E-state index contributed by atoms with van der Waals surface area (Å²) in [6, 6.07) is 20.8. The molecule has 1 saturated heterocycles. The van der Waals surface area contributed by atoms with Crippen molar-refractivity contribution in [1.29, 1.82) is 0 Å². The van der Waals surface area contributed by atoms with E-state index in [2.05, 4.69) is 86.1 Å². The van der Waals surface area contributed by atoms with Crippen molar-refractivity contribution in [3.8, 4) is 0 Å². The monoisotopic (exact) mass is 427 g/mol. The summed E-state index contributed by atoms with van der Waals surface area (Å²) in [7, 11) is 0. The van der Waals surface area contributed by atoms with E-state index in [1.54, 1.807) is 6.08 Å². The lowest BCUT2D eigenvalue weighted by Gasteiger charge is -2.52. The lowest BCUT2D eigenvalue weighted by atomic mass is 9.75. The molecule has 0 aromatic heterocycles. The van der Waals surface area contributed by atoms with Gasteiger partial charge < -0.3 is 9.64 Å². The number of carbonyl (C=O) groups is 1. The second-order valence-corrected chi connectivity index (χ2v) is 9.28. The molecular weight excluding hydrogens is 394 g/mol. The van der Waals surface area contributed by atoms with Crippen molar-refractivity contribution >= 4 is 5.78 Å². The molecule has 2 aromatic carbocycles. The summed E-state index contributed by atoms with van der Waals surface area (Å²) < 4.78 is 6.16. The van der Waals surface area contributed by atoms with Crippen LogP contribution in [0.25, 0.3) is 0 Å². The predicted molar refractivity (Wildman–Crippen MR) is 130 cm³/mol. The molecule has 3 heteroatoms. The zero-order valence-corrected chi connectivity index (χ0v) is 19.2. The average Bonchev–Trinajstić information content (AvgIpc) is 2.89. The highest BCUT2D eigenvalue weighted by molar-refractivity contribution is 5.92. The number of ether oxygens (including phenoxy) is 1. The Morgan fingerprint density at radius 2 is 1.66 bits per heavy atom. The van der Waals surface area contributed by atoms with Gasteiger partial charge in [-0.2, -0.15) is 0 Å². The summed E-state index contributed by atoms with van der Waals surface area (Å²) in [5.41, 5.74) is 1.23. The van der Waals surface area contributed by atoms with E-state index >= 15 is 0 Å². The van der Waals surface area contributed by atoms with Crippen molar-refractivity contribution in [3.63, 3.8) is 0 Å². The molecule has 0 N–H and O–H groups in total. The first-order chi connectivity index (χ1) is 15.5. The number of Topliss-reactive ketones (excluding diaryl/α,β-unsaturated/α-hetero) is 1. The van der Waals surface area contributed by atoms with Gasteiger partial charge in [-0.25, -0.2) is 0 Å². The minimum atomic E-state index is -0.707. The minimum absolute atomic E-state index is 0.0288. The SMILES string of the molecule is C=CCOC1=CC=CN2C(Cc3ccccc3)(Cc3ccccc3)C(=O)C(C)CC[C@]12C. The van der Waals surface area contributed by atoms with E-state index in [-0.39, 0.29) is 5.92 Å². The Balaban J connectivity index is 1.87. The lowest BCUT2D eigenvalue weighted by molar-refractivity contribution is -0.134. The van der Waals surface area contributed by atoms with Crippen molar-refractivity contribution in [3.05, 3.63) is 109 Å². The smallest absolute Gasteiger partial charge is 0.161 e. The zero-order chi connectivity index (χ0) is 22.6. The minimum Gasteiger partial charge on any atom is -0.491 e. The summed E-state index contributed by atoms with van der Waals surface area (Å²) >= 11 is 0. The third kappa shape index (κ3) is 4.04. The Kier molecular flexibility index (Phi) is 6.36.